The Labute approximate surface area is 129 Å². The molecular weight excluding hydrogens is 296 g/mol. The van der Waals surface area contributed by atoms with E-state index in [0.717, 1.165) is 0 Å². The second-order valence-corrected chi connectivity index (χ2v) is 6.13. The summed E-state index contributed by atoms with van der Waals surface area (Å²) in [6.07, 6.45) is 0.831. The molecule has 0 aliphatic carbocycles. The molecule has 0 bridgehead atoms. The minimum Gasteiger partial charge on any atom is -0.490 e. The molecule has 1 unspecified atom stereocenters. The first kappa shape index (κ1) is 17.4. The molecule has 7 heteroatoms. The molecule has 0 aliphatic heterocycles. The van der Waals surface area contributed by atoms with Gasteiger partial charge in [-0.3, -0.25) is 0 Å². The molecule has 0 spiro atoms. The van der Waals surface area contributed by atoms with Crippen LogP contribution in [0.5, 0.6) is 11.5 Å². The van der Waals surface area contributed by atoms with Crippen molar-refractivity contribution in [3.05, 3.63) is 17.4 Å². The van der Waals surface area contributed by atoms with Gasteiger partial charge < -0.3 is 19.9 Å². The SMILES string of the molecule is COc1c(OCC(CC(C)(C)C)OC(N)=O)ccnc1Cl. The van der Waals surface area contributed by atoms with Crippen LogP contribution >= 0.6 is 11.6 Å². The van der Waals surface area contributed by atoms with Gasteiger partial charge in [-0.25, -0.2) is 9.78 Å². The maximum Gasteiger partial charge on any atom is 0.404 e. The lowest BCUT2D eigenvalue weighted by molar-refractivity contribution is 0.0457. The van der Waals surface area contributed by atoms with Gasteiger partial charge in [0.05, 0.1) is 7.11 Å². The minimum absolute atomic E-state index is 0.0382. The Balaban J connectivity index is 2.77. The van der Waals surface area contributed by atoms with E-state index in [0.29, 0.717) is 17.9 Å². The molecule has 0 saturated heterocycles. The average Bonchev–Trinajstić information content (AvgIpc) is 2.33. The zero-order chi connectivity index (χ0) is 16.0. The van der Waals surface area contributed by atoms with Gasteiger partial charge in [0, 0.05) is 12.3 Å². The second kappa shape index (κ2) is 7.36. The standard InChI is InChI=1S/C14H21ClN2O4/c1-14(2,3)7-9(21-13(16)18)8-20-10-5-6-17-12(15)11(10)19-4/h5-6,9H,7-8H2,1-4H3,(H2,16,18). The number of hydrogen-bond acceptors (Lipinski definition) is 5. The Morgan fingerprint density at radius 2 is 2.14 bits per heavy atom. The van der Waals surface area contributed by atoms with Crippen molar-refractivity contribution in [1.82, 2.24) is 4.98 Å². The summed E-state index contributed by atoms with van der Waals surface area (Å²) in [5.41, 5.74) is 5.05. The van der Waals surface area contributed by atoms with Crippen molar-refractivity contribution in [1.29, 1.82) is 0 Å². The molecule has 6 nitrogen and oxygen atoms in total. The molecule has 2 N–H and O–H groups in total. The van der Waals surface area contributed by atoms with Crippen molar-refractivity contribution in [2.24, 2.45) is 11.1 Å². The summed E-state index contributed by atoms with van der Waals surface area (Å²) in [5, 5.41) is 0.207. The van der Waals surface area contributed by atoms with Crippen molar-refractivity contribution < 1.29 is 19.0 Å². The average molecular weight is 317 g/mol. The quantitative estimate of drug-likeness (QED) is 0.815. The van der Waals surface area contributed by atoms with Gasteiger partial charge in [0.1, 0.15) is 12.7 Å². The zero-order valence-electron chi connectivity index (χ0n) is 12.7. The molecule has 1 aromatic rings. The number of pyridine rings is 1. The van der Waals surface area contributed by atoms with Gasteiger partial charge in [-0.1, -0.05) is 32.4 Å². The zero-order valence-corrected chi connectivity index (χ0v) is 13.4. The highest BCUT2D eigenvalue weighted by Crippen LogP contribution is 2.33. The molecule has 1 amide bonds. The number of nitrogens with two attached hydrogens (primary N) is 1. The van der Waals surface area contributed by atoms with E-state index in [1.165, 1.54) is 13.3 Å². The van der Waals surface area contributed by atoms with Crippen molar-refractivity contribution >= 4 is 17.7 Å². The van der Waals surface area contributed by atoms with E-state index in [1.54, 1.807) is 6.07 Å². The Bertz CT molecular complexity index is 488. The van der Waals surface area contributed by atoms with E-state index < -0.39 is 12.2 Å². The van der Waals surface area contributed by atoms with Crippen LogP contribution in [0, 0.1) is 5.41 Å². The number of halogens is 1. The minimum atomic E-state index is -0.826. The predicted octanol–water partition coefficient (Wildman–Crippen LogP) is 3.02. The third-order valence-corrected chi connectivity index (χ3v) is 2.85. The fraction of sp³-hybridized carbons (Fsp3) is 0.571. The van der Waals surface area contributed by atoms with Gasteiger partial charge in [0.2, 0.25) is 0 Å². The van der Waals surface area contributed by atoms with Gasteiger partial charge in [-0.2, -0.15) is 0 Å². The van der Waals surface area contributed by atoms with Crippen molar-refractivity contribution in [2.75, 3.05) is 13.7 Å². The number of ether oxygens (including phenoxy) is 3. The first-order chi connectivity index (χ1) is 9.73. The lowest BCUT2D eigenvalue weighted by Crippen LogP contribution is -2.31. The maximum absolute atomic E-state index is 11.0. The van der Waals surface area contributed by atoms with E-state index in [9.17, 15) is 4.79 Å². The summed E-state index contributed by atoms with van der Waals surface area (Å²) in [4.78, 5) is 14.9. The van der Waals surface area contributed by atoms with Crippen LogP contribution in [0.1, 0.15) is 27.2 Å². The topological polar surface area (TPSA) is 83.7 Å². The van der Waals surface area contributed by atoms with E-state index in [1.807, 2.05) is 20.8 Å². The van der Waals surface area contributed by atoms with Crippen LogP contribution < -0.4 is 15.2 Å². The van der Waals surface area contributed by atoms with Gasteiger partial charge in [0.15, 0.2) is 16.7 Å². The monoisotopic (exact) mass is 316 g/mol. The third kappa shape index (κ3) is 6.08. The maximum atomic E-state index is 11.0. The molecule has 0 saturated carbocycles. The summed E-state index contributed by atoms with van der Waals surface area (Å²) < 4.78 is 15.9. The highest BCUT2D eigenvalue weighted by Gasteiger charge is 2.23. The molecule has 1 atom stereocenters. The molecular formula is C14H21ClN2O4. The largest absolute Gasteiger partial charge is 0.490 e. The normalized spacial score (nSPS) is 12.6. The van der Waals surface area contributed by atoms with Crippen LogP contribution in [0.15, 0.2) is 12.3 Å². The number of primary amides is 1. The number of hydrogen-bond donors (Lipinski definition) is 1. The lowest BCUT2D eigenvalue weighted by atomic mass is 9.89. The van der Waals surface area contributed by atoms with E-state index in [4.69, 9.17) is 31.5 Å². The molecule has 1 rings (SSSR count). The van der Waals surface area contributed by atoms with Crippen molar-refractivity contribution in [3.8, 4) is 11.5 Å². The molecule has 0 aromatic carbocycles. The smallest absolute Gasteiger partial charge is 0.404 e. The number of carbonyl (C=O) groups excluding carboxylic acids is 1. The number of carbonyl (C=O) groups is 1. The van der Waals surface area contributed by atoms with Crippen LogP contribution in [-0.4, -0.2) is 30.9 Å². The molecule has 0 fully saturated rings. The molecule has 0 aliphatic rings. The molecule has 21 heavy (non-hydrogen) atoms. The molecule has 118 valence electrons. The summed E-state index contributed by atoms with van der Waals surface area (Å²) in [7, 11) is 1.47. The Hall–Kier alpha value is -1.69. The predicted molar refractivity (Wildman–Crippen MR) is 79.8 cm³/mol. The van der Waals surface area contributed by atoms with Crippen LogP contribution in [0.3, 0.4) is 0 Å². The second-order valence-electron chi connectivity index (χ2n) is 5.77. The third-order valence-electron chi connectivity index (χ3n) is 2.58. The summed E-state index contributed by atoms with van der Waals surface area (Å²) in [6.45, 7) is 6.26. The van der Waals surface area contributed by atoms with Crippen molar-refractivity contribution in [2.45, 2.75) is 33.3 Å². The number of aromatic nitrogens is 1. The lowest BCUT2D eigenvalue weighted by Gasteiger charge is -2.25. The number of nitrogens with zero attached hydrogens (tertiary/aromatic N) is 1. The van der Waals surface area contributed by atoms with Crippen LogP contribution in [0.4, 0.5) is 4.79 Å². The number of methoxy groups -OCH3 is 1. The van der Waals surface area contributed by atoms with Gasteiger partial charge in [-0.15, -0.1) is 0 Å². The Morgan fingerprint density at radius 3 is 2.67 bits per heavy atom. The fourth-order valence-corrected chi connectivity index (χ4v) is 2.10. The fourth-order valence-electron chi connectivity index (χ4n) is 1.87. The summed E-state index contributed by atoms with van der Waals surface area (Å²) in [6, 6.07) is 1.63. The Morgan fingerprint density at radius 1 is 1.48 bits per heavy atom. The van der Waals surface area contributed by atoms with E-state index >= 15 is 0 Å². The molecule has 1 heterocycles. The van der Waals surface area contributed by atoms with Crippen LogP contribution in [-0.2, 0) is 4.74 Å². The van der Waals surface area contributed by atoms with Crippen LogP contribution in [0.2, 0.25) is 5.15 Å². The highest BCUT2D eigenvalue weighted by molar-refractivity contribution is 6.31. The van der Waals surface area contributed by atoms with Crippen LogP contribution in [0.25, 0.3) is 0 Å². The van der Waals surface area contributed by atoms with Gasteiger partial charge in [0.25, 0.3) is 0 Å². The summed E-state index contributed by atoms with van der Waals surface area (Å²) in [5.74, 6) is 0.775. The van der Waals surface area contributed by atoms with Gasteiger partial charge >= 0.3 is 6.09 Å². The van der Waals surface area contributed by atoms with Crippen molar-refractivity contribution in [3.63, 3.8) is 0 Å². The Kier molecular flexibility index (Phi) is 6.08. The first-order valence-electron chi connectivity index (χ1n) is 6.50. The van der Waals surface area contributed by atoms with E-state index in [-0.39, 0.29) is 17.2 Å². The highest BCUT2D eigenvalue weighted by atomic mass is 35.5. The summed E-state index contributed by atoms with van der Waals surface area (Å²) >= 11 is 5.91. The van der Waals surface area contributed by atoms with E-state index in [2.05, 4.69) is 4.98 Å². The molecule has 1 aromatic heterocycles. The first-order valence-corrected chi connectivity index (χ1v) is 6.88. The number of amides is 1. The number of rotatable bonds is 6. The molecule has 0 radical (unpaired) electrons. The van der Waals surface area contributed by atoms with Gasteiger partial charge in [-0.05, 0) is 11.8 Å².